The Kier molecular flexibility index (Phi) is 4.14. The van der Waals surface area contributed by atoms with Crippen LogP contribution in [0.15, 0.2) is 48.2 Å². The Balaban J connectivity index is 1.89. The first kappa shape index (κ1) is 16.5. The van der Waals surface area contributed by atoms with Gasteiger partial charge in [0.05, 0.1) is 5.69 Å². The van der Waals surface area contributed by atoms with E-state index in [0.29, 0.717) is 5.69 Å². The number of phenols is 1. The van der Waals surface area contributed by atoms with Crippen LogP contribution in [0.3, 0.4) is 0 Å². The molecule has 128 valence electrons. The quantitative estimate of drug-likeness (QED) is 0.868. The van der Waals surface area contributed by atoms with Crippen molar-refractivity contribution in [3.05, 3.63) is 59.6 Å². The summed E-state index contributed by atoms with van der Waals surface area (Å²) in [6.07, 6.45) is 0.421. The molecule has 0 unspecified atom stereocenters. The fourth-order valence-electron chi connectivity index (χ4n) is 2.35. The van der Waals surface area contributed by atoms with Gasteiger partial charge in [-0.05, 0) is 48.0 Å². The Morgan fingerprint density at radius 3 is 2.40 bits per heavy atom. The zero-order valence-electron chi connectivity index (χ0n) is 13.6. The lowest BCUT2D eigenvalue weighted by molar-refractivity contribution is -0.114. The number of cyclic esters (lactones) is 1. The predicted molar refractivity (Wildman–Crippen MR) is 90.8 cm³/mol. The van der Waals surface area contributed by atoms with Crippen LogP contribution in [0.4, 0.5) is 20.6 Å². The third-order valence-electron chi connectivity index (χ3n) is 3.69. The fourth-order valence-corrected chi connectivity index (χ4v) is 2.35. The Hall–Kier alpha value is -3.35. The number of hydrogen-bond acceptors (Lipinski definition) is 5. The summed E-state index contributed by atoms with van der Waals surface area (Å²) in [5, 5.41) is 9.19. The first-order valence-electron chi connectivity index (χ1n) is 7.40. The Bertz CT molecular complexity index is 875. The number of ether oxygens (including phenoxy) is 1. The van der Waals surface area contributed by atoms with E-state index in [0.717, 1.165) is 22.7 Å². The van der Waals surface area contributed by atoms with Gasteiger partial charge < -0.3 is 14.7 Å². The van der Waals surface area contributed by atoms with Crippen molar-refractivity contribution in [1.29, 1.82) is 0 Å². The molecule has 1 aliphatic rings. The molecule has 2 amide bonds. The summed E-state index contributed by atoms with van der Waals surface area (Å²) < 4.78 is 18.4. The lowest BCUT2D eigenvalue weighted by Gasteiger charge is -2.15. The van der Waals surface area contributed by atoms with E-state index in [2.05, 4.69) is 0 Å². The van der Waals surface area contributed by atoms with E-state index in [9.17, 15) is 19.1 Å². The first-order valence-corrected chi connectivity index (χ1v) is 7.40. The van der Waals surface area contributed by atoms with Crippen molar-refractivity contribution in [2.45, 2.75) is 0 Å². The third-order valence-corrected chi connectivity index (χ3v) is 3.69. The van der Waals surface area contributed by atoms with Gasteiger partial charge in [0, 0.05) is 19.8 Å². The number of halogens is 1. The molecule has 0 radical (unpaired) electrons. The number of imide groups is 1. The van der Waals surface area contributed by atoms with Crippen LogP contribution in [0.1, 0.15) is 5.56 Å². The number of aromatic hydroxyl groups is 1. The highest BCUT2D eigenvalue weighted by Crippen LogP contribution is 2.28. The molecule has 3 rings (SSSR count). The SMILES string of the molecule is CN(C)c1ccc(N2C(=O)O/C(=C\c3ccc(O)c(F)c3)C2=O)cc1. The second kappa shape index (κ2) is 6.27. The predicted octanol–water partition coefficient (Wildman–Crippen LogP) is 3.12. The van der Waals surface area contributed by atoms with Gasteiger partial charge in [0.25, 0.3) is 0 Å². The average molecular weight is 342 g/mol. The van der Waals surface area contributed by atoms with Crippen molar-refractivity contribution in [3.63, 3.8) is 0 Å². The number of phenolic OH excluding ortho intramolecular Hbond substituents is 1. The van der Waals surface area contributed by atoms with Gasteiger partial charge in [0.15, 0.2) is 17.3 Å². The minimum atomic E-state index is -0.831. The molecule has 0 bridgehead atoms. The Morgan fingerprint density at radius 2 is 1.80 bits per heavy atom. The minimum Gasteiger partial charge on any atom is -0.505 e. The van der Waals surface area contributed by atoms with Crippen LogP contribution in [0, 0.1) is 5.82 Å². The summed E-state index contributed by atoms with van der Waals surface area (Å²) in [7, 11) is 3.75. The van der Waals surface area contributed by atoms with Crippen LogP contribution in [-0.2, 0) is 9.53 Å². The van der Waals surface area contributed by atoms with Crippen LogP contribution < -0.4 is 9.80 Å². The number of hydrogen-bond donors (Lipinski definition) is 1. The molecule has 0 spiro atoms. The molecule has 1 N–H and O–H groups in total. The van der Waals surface area contributed by atoms with Gasteiger partial charge in [-0.2, -0.15) is 0 Å². The van der Waals surface area contributed by atoms with Crippen molar-refractivity contribution in [2.24, 2.45) is 0 Å². The summed E-state index contributed by atoms with van der Waals surface area (Å²) in [4.78, 5) is 27.3. The average Bonchev–Trinajstić information content (AvgIpc) is 2.85. The highest BCUT2D eigenvalue weighted by atomic mass is 19.1. The maximum absolute atomic E-state index is 13.4. The normalized spacial score (nSPS) is 15.6. The van der Waals surface area contributed by atoms with E-state index in [1.807, 2.05) is 19.0 Å². The topological polar surface area (TPSA) is 70.1 Å². The van der Waals surface area contributed by atoms with E-state index in [1.54, 1.807) is 24.3 Å². The second-order valence-electron chi connectivity index (χ2n) is 5.64. The molecule has 0 atom stereocenters. The zero-order chi connectivity index (χ0) is 18.1. The van der Waals surface area contributed by atoms with Gasteiger partial charge in [-0.25, -0.2) is 14.1 Å². The van der Waals surface area contributed by atoms with E-state index in [4.69, 9.17) is 4.74 Å². The third kappa shape index (κ3) is 3.16. The number of rotatable bonds is 3. The van der Waals surface area contributed by atoms with Crippen molar-refractivity contribution in [2.75, 3.05) is 23.9 Å². The zero-order valence-corrected chi connectivity index (χ0v) is 13.6. The van der Waals surface area contributed by atoms with E-state index >= 15 is 0 Å². The molecule has 7 heteroatoms. The number of carbonyl (C=O) groups excluding carboxylic acids is 2. The lowest BCUT2D eigenvalue weighted by Crippen LogP contribution is -2.28. The molecule has 1 saturated heterocycles. The van der Waals surface area contributed by atoms with Gasteiger partial charge in [0.2, 0.25) is 0 Å². The molecular formula is C18H15FN2O4. The maximum atomic E-state index is 13.4. The van der Waals surface area contributed by atoms with E-state index in [-0.39, 0.29) is 11.3 Å². The summed E-state index contributed by atoms with van der Waals surface area (Å²) in [6.45, 7) is 0. The van der Waals surface area contributed by atoms with Crippen molar-refractivity contribution in [1.82, 2.24) is 0 Å². The largest absolute Gasteiger partial charge is 0.505 e. The Morgan fingerprint density at radius 1 is 1.12 bits per heavy atom. The van der Waals surface area contributed by atoms with E-state index < -0.39 is 23.6 Å². The Labute approximate surface area is 143 Å². The number of carbonyl (C=O) groups is 2. The van der Waals surface area contributed by atoms with Gasteiger partial charge in [0.1, 0.15) is 0 Å². The number of amides is 2. The molecule has 1 heterocycles. The number of anilines is 2. The summed E-state index contributed by atoms with van der Waals surface area (Å²) in [5.74, 6) is -2.19. The molecule has 2 aromatic rings. The summed E-state index contributed by atoms with van der Waals surface area (Å²) >= 11 is 0. The van der Waals surface area contributed by atoms with E-state index in [1.165, 1.54) is 12.1 Å². The molecule has 0 saturated carbocycles. The van der Waals surface area contributed by atoms with Crippen molar-refractivity contribution >= 4 is 29.5 Å². The standard InChI is InChI=1S/C18H15FN2O4/c1-20(2)12-4-6-13(7-5-12)21-17(23)16(25-18(21)24)10-11-3-8-15(22)14(19)9-11/h3-10,22H,1-2H3/b16-10-. The molecule has 25 heavy (non-hydrogen) atoms. The summed E-state index contributed by atoms with van der Waals surface area (Å²) in [5.41, 5.74) is 1.58. The number of nitrogens with zero attached hydrogens (tertiary/aromatic N) is 2. The van der Waals surface area contributed by atoms with Crippen LogP contribution in [0.5, 0.6) is 5.75 Å². The van der Waals surface area contributed by atoms with Crippen LogP contribution >= 0.6 is 0 Å². The van der Waals surface area contributed by atoms with Gasteiger partial charge in [-0.15, -0.1) is 0 Å². The second-order valence-corrected chi connectivity index (χ2v) is 5.64. The van der Waals surface area contributed by atoms with Crippen LogP contribution in [0.25, 0.3) is 6.08 Å². The molecule has 1 fully saturated rings. The minimum absolute atomic E-state index is 0.216. The molecule has 1 aliphatic heterocycles. The highest BCUT2D eigenvalue weighted by molar-refractivity contribution is 6.24. The molecule has 6 nitrogen and oxygen atoms in total. The molecule has 0 aromatic heterocycles. The van der Waals surface area contributed by atoms with Crippen molar-refractivity contribution < 1.29 is 23.8 Å². The highest BCUT2D eigenvalue weighted by Gasteiger charge is 2.37. The lowest BCUT2D eigenvalue weighted by atomic mass is 10.2. The van der Waals surface area contributed by atoms with Gasteiger partial charge in [-0.3, -0.25) is 4.79 Å². The summed E-state index contributed by atoms with van der Waals surface area (Å²) in [6, 6.07) is 10.4. The monoisotopic (exact) mass is 342 g/mol. The fraction of sp³-hybridized carbons (Fsp3) is 0.111. The number of benzene rings is 2. The molecular weight excluding hydrogens is 327 g/mol. The smallest absolute Gasteiger partial charge is 0.427 e. The van der Waals surface area contributed by atoms with Crippen LogP contribution in [0.2, 0.25) is 0 Å². The first-order chi connectivity index (χ1) is 11.9. The van der Waals surface area contributed by atoms with Crippen molar-refractivity contribution in [3.8, 4) is 5.75 Å². The van der Waals surface area contributed by atoms with Gasteiger partial charge >= 0.3 is 12.0 Å². The van der Waals surface area contributed by atoms with Gasteiger partial charge in [-0.1, -0.05) is 6.07 Å². The van der Waals surface area contributed by atoms with Crippen LogP contribution in [-0.4, -0.2) is 31.2 Å². The molecule has 0 aliphatic carbocycles. The molecule has 2 aromatic carbocycles. The maximum Gasteiger partial charge on any atom is 0.427 e.